The molecule has 1 aromatic heterocycles. The Labute approximate surface area is 139 Å². The molecule has 1 aliphatic rings. The molecule has 6 heteroatoms. The molecule has 1 aromatic carbocycles. The first-order valence-electron chi connectivity index (χ1n) is 8.17. The van der Waals surface area contributed by atoms with E-state index in [4.69, 9.17) is 0 Å². The zero-order valence-corrected chi connectivity index (χ0v) is 13.7. The molecule has 5 nitrogen and oxygen atoms in total. The van der Waals surface area contributed by atoms with E-state index >= 15 is 0 Å². The van der Waals surface area contributed by atoms with Crippen molar-refractivity contribution in [2.24, 2.45) is 0 Å². The summed E-state index contributed by atoms with van der Waals surface area (Å²) >= 11 is 0. The number of benzene rings is 1. The van der Waals surface area contributed by atoms with Gasteiger partial charge in [0.1, 0.15) is 18.2 Å². The van der Waals surface area contributed by atoms with Crippen LogP contribution in [0.25, 0.3) is 11.4 Å². The van der Waals surface area contributed by atoms with Gasteiger partial charge in [0.2, 0.25) is 5.91 Å². The van der Waals surface area contributed by atoms with E-state index in [0.717, 1.165) is 32.4 Å². The minimum atomic E-state index is -0.357. The van der Waals surface area contributed by atoms with Crippen molar-refractivity contribution in [3.05, 3.63) is 52.2 Å². The number of nitrogens with zero attached hydrogens (tertiary/aromatic N) is 3. The van der Waals surface area contributed by atoms with Crippen molar-refractivity contribution >= 4 is 5.91 Å². The molecule has 0 N–H and O–H groups in total. The molecule has 0 unspecified atom stereocenters. The average molecular weight is 329 g/mol. The molecule has 2 aromatic rings. The van der Waals surface area contributed by atoms with Gasteiger partial charge in [0.25, 0.3) is 5.56 Å². The zero-order chi connectivity index (χ0) is 17.1. The number of halogens is 1. The van der Waals surface area contributed by atoms with Crippen LogP contribution in [-0.2, 0) is 11.3 Å². The predicted octanol–water partition coefficient (Wildman–Crippen LogP) is 2.37. The summed E-state index contributed by atoms with van der Waals surface area (Å²) in [5.41, 5.74) is 0.914. The third-order valence-electron chi connectivity index (χ3n) is 4.24. The third-order valence-corrected chi connectivity index (χ3v) is 4.24. The van der Waals surface area contributed by atoms with Crippen molar-refractivity contribution in [1.82, 2.24) is 14.5 Å². The second-order valence-electron chi connectivity index (χ2n) is 6.09. The molecular weight excluding hydrogens is 309 g/mol. The van der Waals surface area contributed by atoms with Gasteiger partial charge in [-0.2, -0.15) is 0 Å². The Morgan fingerprint density at radius 3 is 2.50 bits per heavy atom. The molecule has 0 spiro atoms. The van der Waals surface area contributed by atoms with Crippen molar-refractivity contribution in [3.8, 4) is 11.4 Å². The van der Waals surface area contributed by atoms with Crippen LogP contribution in [0, 0.1) is 12.7 Å². The SMILES string of the molecule is Cc1cc(=O)n(CC(=O)N2CCCCC2)c(-c2ccc(F)cc2)n1. The highest BCUT2D eigenvalue weighted by molar-refractivity contribution is 5.76. The number of aromatic nitrogens is 2. The van der Waals surface area contributed by atoms with Gasteiger partial charge in [0.15, 0.2) is 0 Å². The minimum Gasteiger partial charge on any atom is -0.341 e. The summed E-state index contributed by atoms with van der Waals surface area (Å²) in [6, 6.07) is 7.19. The number of carbonyl (C=O) groups excluding carboxylic acids is 1. The van der Waals surface area contributed by atoms with E-state index < -0.39 is 0 Å². The lowest BCUT2D eigenvalue weighted by Gasteiger charge is -2.27. The molecule has 0 saturated carbocycles. The highest BCUT2D eigenvalue weighted by Gasteiger charge is 2.19. The number of carbonyl (C=O) groups is 1. The molecule has 0 aliphatic carbocycles. The number of hydrogen-bond acceptors (Lipinski definition) is 3. The lowest BCUT2D eigenvalue weighted by molar-refractivity contribution is -0.132. The highest BCUT2D eigenvalue weighted by atomic mass is 19.1. The maximum absolute atomic E-state index is 13.2. The van der Waals surface area contributed by atoms with Gasteiger partial charge in [0, 0.05) is 30.4 Å². The monoisotopic (exact) mass is 329 g/mol. The van der Waals surface area contributed by atoms with Crippen LogP contribution >= 0.6 is 0 Å². The lowest BCUT2D eigenvalue weighted by atomic mass is 10.1. The molecule has 0 bridgehead atoms. The molecule has 126 valence electrons. The Morgan fingerprint density at radius 2 is 1.83 bits per heavy atom. The van der Waals surface area contributed by atoms with Crippen molar-refractivity contribution in [2.45, 2.75) is 32.7 Å². The van der Waals surface area contributed by atoms with E-state index in [2.05, 4.69) is 4.98 Å². The van der Waals surface area contributed by atoms with E-state index in [1.807, 2.05) is 0 Å². The molecule has 2 heterocycles. The van der Waals surface area contributed by atoms with Crippen molar-refractivity contribution in [1.29, 1.82) is 0 Å². The van der Waals surface area contributed by atoms with Crippen molar-refractivity contribution in [2.75, 3.05) is 13.1 Å². The van der Waals surface area contributed by atoms with Gasteiger partial charge in [-0.25, -0.2) is 9.37 Å². The Hall–Kier alpha value is -2.50. The normalized spacial score (nSPS) is 14.7. The van der Waals surface area contributed by atoms with Crippen LogP contribution in [0.2, 0.25) is 0 Å². The lowest BCUT2D eigenvalue weighted by Crippen LogP contribution is -2.40. The molecular formula is C18H20FN3O2. The fourth-order valence-electron chi connectivity index (χ4n) is 2.97. The van der Waals surface area contributed by atoms with E-state index in [9.17, 15) is 14.0 Å². The molecule has 3 rings (SSSR count). The van der Waals surface area contributed by atoms with Gasteiger partial charge in [0.05, 0.1) is 0 Å². The fraction of sp³-hybridized carbons (Fsp3) is 0.389. The first-order chi connectivity index (χ1) is 11.5. The molecule has 1 fully saturated rings. The first-order valence-corrected chi connectivity index (χ1v) is 8.17. The zero-order valence-electron chi connectivity index (χ0n) is 13.7. The Bertz CT molecular complexity index is 793. The maximum atomic E-state index is 13.2. The molecule has 1 aliphatic heterocycles. The quantitative estimate of drug-likeness (QED) is 0.869. The highest BCUT2D eigenvalue weighted by Crippen LogP contribution is 2.17. The summed E-state index contributed by atoms with van der Waals surface area (Å²) in [6.45, 7) is 3.15. The number of hydrogen-bond donors (Lipinski definition) is 0. The first kappa shape index (κ1) is 16.4. The Kier molecular flexibility index (Phi) is 4.74. The molecule has 1 saturated heterocycles. The maximum Gasteiger partial charge on any atom is 0.254 e. The second-order valence-corrected chi connectivity index (χ2v) is 6.09. The minimum absolute atomic E-state index is 0.0428. The van der Waals surface area contributed by atoms with Crippen LogP contribution in [0.15, 0.2) is 35.1 Å². The largest absolute Gasteiger partial charge is 0.341 e. The van der Waals surface area contributed by atoms with Crippen LogP contribution in [-0.4, -0.2) is 33.4 Å². The van der Waals surface area contributed by atoms with Crippen LogP contribution in [0.1, 0.15) is 25.0 Å². The van der Waals surface area contributed by atoms with Crippen LogP contribution in [0.5, 0.6) is 0 Å². The van der Waals surface area contributed by atoms with Gasteiger partial charge in [-0.3, -0.25) is 14.2 Å². The van der Waals surface area contributed by atoms with Crippen LogP contribution < -0.4 is 5.56 Å². The number of likely N-dealkylation sites (tertiary alicyclic amines) is 1. The number of aryl methyl sites for hydroxylation is 1. The van der Waals surface area contributed by atoms with Gasteiger partial charge in [-0.15, -0.1) is 0 Å². The number of amides is 1. The van der Waals surface area contributed by atoms with Gasteiger partial charge in [-0.05, 0) is 50.5 Å². The average Bonchev–Trinajstić information content (AvgIpc) is 2.58. The molecule has 0 atom stereocenters. The van der Waals surface area contributed by atoms with E-state index in [1.165, 1.54) is 22.8 Å². The molecule has 1 amide bonds. The van der Waals surface area contributed by atoms with E-state index in [1.54, 1.807) is 24.0 Å². The topological polar surface area (TPSA) is 55.2 Å². The summed E-state index contributed by atoms with van der Waals surface area (Å²) in [4.78, 5) is 31.1. The Balaban J connectivity index is 1.95. The number of rotatable bonds is 3. The number of piperidine rings is 1. The van der Waals surface area contributed by atoms with Gasteiger partial charge in [-0.1, -0.05) is 0 Å². The van der Waals surface area contributed by atoms with Crippen LogP contribution in [0.3, 0.4) is 0 Å². The molecule has 24 heavy (non-hydrogen) atoms. The standard InChI is InChI=1S/C18H20FN3O2/c1-13-11-16(23)22(12-17(24)21-9-3-2-4-10-21)18(20-13)14-5-7-15(19)8-6-14/h5-8,11H,2-4,9-10,12H2,1H3. The Morgan fingerprint density at radius 1 is 1.17 bits per heavy atom. The van der Waals surface area contributed by atoms with Crippen molar-refractivity contribution in [3.63, 3.8) is 0 Å². The fourth-order valence-corrected chi connectivity index (χ4v) is 2.97. The van der Waals surface area contributed by atoms with Gasteiger partial charge < -0.3 is 4.90 Å². The van der Waals surface area contributed by atoms with E-state index in [0.29, 0.717) is 17.1 Å². The summed E-state index contributed by atoms with van der Waals surface area (Å²) in [5.74, 6) is -0.0409. The predicted molar refractivity (Wildman–Crippen MR) is 89.1 cm³/mol. The van der Waals surface area contributed by atoms with E-state index in [-0.39, 0.29) is 23.8 Å². The van der Waals surface area contributed by atoms with Crippen LogP contribution in [0.4, 0.5) is 4.39 Å². The van der Waals surface area contributed by atoms with Crippen molar-refractivity contribution < 1.29 is 9.18 Å². The summed E-state index contributed by atoms with van der Waals surface area (Å²) < 4.78 is 14.5. The molecule has 0 radical (unpaired) electrons. The summed E-state index contributed by atoms with van der Waals surface area (Å²) in [6.07, 6.45) is 3.13. The summed E-state index contributed by atoms with van der Waals surface area (Å²) in [5, 5.41) is 0. The third kappa shape index (κ3) is 3.53. The van der Waals surface area contributed by atoms with Gasteiger partial charge >= 0.3 is 0 Å². The summed E-state index contributed by atoms with van der Waals surface area (Å²) in [7, 11) is 0. The second kappa shape index (κ2) is 6.95. The smallest absolute Gasteiger partial charge is 0.254 e.